The zero-order valence-electron chi connectivity index (χ0n) is 26.8. The van der Waals surface area contributed by atoms with E-state index >= 15 is 0 Å². The maximum Gasteiger partial charge on any atom is 0.340 e. The number of fused-ring (bicyclic) bond motifs is 2. The van der Waals surface area contributed by atoms with Crippen molar-refractivity contribution < 1.29 is 41.9 Å². The monoisotopic (exact) mass is 733 g/mol. The number of sulfone groups is 1. The lowest BCUT2D eigenvalue weighted by Crippen LogP contribution is -2.38. The number of carbonyl (C=O) groups excluding carboxylic acids is 2. The van der Waals surface area contributed by atoms with Gasteiger partial charge in [-0.05, 0) is 75.4 Å². The third-order valence-electron chi connectivity index (χ3n) is 9.28. The molecule has 12 nitrogen and oxygen atoms in total. The molecule has 1 aromatic heterocycles. The van der Waals surface area contributed by atoms with Gasteiger partial charge in [-0.3, -0.25) is 14.4 Å². The van der Waals surface area contributed by atoms with Gasteiger partial charge in [0.05, 0.1) is 47.5 Å². The van der Waals surface area contributed by atoms with Crippen LogP contribution in [-0.4, -0.2) is 66.4 Å². The molecule has 3 fully saturated rings. The zero-order valence-corrected chi connectivity index (χ0v) is 29.1. The fourth-order valence-corrected chi connectivity index (χ4v) is 8.24. The number of nitrogens with zero attached hydrogens (tertiary/aromatic N) is 2. The zero-order chi connectivity index (χ0) is 34.9. The lowest BCUT2D eigenvalue weighted by Gasteiger charge is -2.33. The Morgan fingerprint density at radius 2 is 1.80 bits per heavy atom. The Hall–Kier alpha value is -3.65. The molecule has 2 N–H and O–H groups in total. The standard InChI is InChI=1S/C34H37Cl2N3O9S/c1-19(47-30(42)12-11-29(40)41)13-14-49(44,45)34(43)37-22-7-9-23(10-8-22)39-17-21-15-24(39)16-28(21)46-18-25-32(38-48-33(25)20-5-6-20)31-26(35)3-2-4-27(31)36/h2-4,7-10,19-21,24,28H,5-6,11-18H2,1H3,(H,37,43)(H,40,41)/t19?,21-,24-,28+/m0/s1. The second-order valence-corrected chi connectivity index (χ2v) is 15.7. The van der Waals surface area contributed by atoms with Gasteiger partial charge in [-0.15, -0.1) is 0 Å². The van der Waals surface area contributed by atoms with Crippen molar-refractivity contribution in [1.82, 2.24) is 5.16 Å². The molecule has 0 radical (unpaired) electrons. The molecule has 2 aliphatic carbocycles. The van der Waals surface area contributed by atoms with Gasteiger partial charge in [0.1, 0.15) is 11.5 Å². The first-order chi connectivity index (χ1) is 23.4. The van der Waals surface area contributed by atoms with Crippen LogP contribution in [0.2, 0.25) is 10.0 Å². The van der Waals surface area contributed by atoms with Crippen LogP contribution in [0.1, 0.15) is 69.1 Å². The maximum atomic E-state index is 12.6. The lowest BCUT2D eigenvalue weighted by atomic mass is 10.0. The average molecular weight is 735 g/mol. The maximum absolute atomic E-state index is 12.6. The Bertz CT molecular complexity index is 1810. The Morgan fingerprint density at radius 3 is 2.43 bits per heavy atom. The van der Waals surface area contributed by atoms with Crippen LogP contribution in [-0.2, 0) is 35.5 Å². The summed E-state index contributed by atoms with van der Waals surface area (Å²) >= 11 is 13.0. The van der Waals surface area contributed by atoms with E-state index in [0.717, 1.165) is 49.2 Å². The Balaban J connectivity index is 1.00. The van der Waals surface area contributed by atoms with E-state index in [9.17, 15) is 22.8 Å². The summed E-state index contributed by atoms with van der Waals surface area (Å²) in [7, 11) is -4.19. The topological polar surface area (TPSA) is 165 Å². The van der Waals surface area contributed by atoms with E-state index in [0.29, 0.717) is 45.4 Å². The number of hydrogen-bond acceptors (Lipinski definition) is 10. The molecule has 2 aromatic carbocycles. The largest absolute Gasteiger partial charge is 0.481 e. The van der Waals surface area contributed by atoms with Crippen molar-refractivity contribution in [3.8, 4) is 11.3 Å². The van der Waals surface area contributed by atoms with E-state index in [1.807, 2.05) is 12.1 Å². The van der Waals surface area contributed by atoms with Crippen LogP contribution in [0.3, 0.4) is 0 Å². The number of amides is 1. The highest BCUT2D eigenvalue weighted by atomic mass is 35.5. The van der Waals surface area contributed by atoms with Crippen molar-refractivity contribution >= 4 is 61.6 Å². The molecule has 3 aliphatic rings. The Kier molecular flexibility index (Phi) is 10.5. The van der Waals surface area contributed by atoms with Gasteiger partial charge in [0, 0.05) is 46.9 Å². The molecule has 262 valence electrons. The van der Waals surface area contributed by atoms with Gasteiger partial charge in [-0.1, -0.05) is 34.4 Å². The fourth-order valence-electron chi connectivity index (χ4n) is 6.56. The van der Waals surface area contributed by atoms with Crippen LogP contribution in [0.4, 0.5) is 16.2 Å². The number of piperidine rings is 1. The van der Waals surface area contributed by atoms with Crippen molar-refractivity contribution in [2.45, 2.75) is 82.6 Å². The van der Waals surface area contributed by atoms with E-state index in [1.54, 1.807) is 30.3 Å². The molecule has 1 unspecified atom stereocenters. The van der Waals surface area contributed by atoms with Crippen LogP contribution >= 0.6 is 23.2 Å². The number of carboxylic acids is 1. The molecule has 0 spiro atoms. The minimum absolute atomic E-state index is 0.0671. The van der Waals surface area contributed by atoms with Gasteiger partial charge in [0.15, 0.2) is 0 Å². The van der Waals surface area contributed by atoms with Crippen LogP contribution in [0.5, 0.6) is 0 Å². The minimum Gasteiger partial charge on any atom is -0.481 e. The molecule has 1 aliphatic heterocycles. The Labute approximate surface area is 293 Å². The van der Waals surface area contributed by atoms with Crippen molar-refractivity contribution in [3.05, 3.63) is 63.8 Å². The number of carboxylic acid groups (broad SMARTS) is 1. The van der Waals surface area contributed by atoms with Crippen LogP contribution in [0, 0.1) is 5.92 Å². The molecule has 2 heterocycles. The summed E-state index contributed by atoms with van der Waals surface area (Å²) < 4.78 is 42.5. The summed E-state index contributed by atoms with van der Waals surface area (Å²) in [5, 5.41) is 15.3. The number of carbonyl (C=O) groups is 3. The average Bonchev–Trinajstić information content (AvgIpc) is 3.51. The summed E-state index contributed by atoms with van der Waals surface area (Å²) in [5.41, 5.74) is 3.50. The highest BCUT2D eigenvalue weighted by Crippen LogP contribution is 2.47. The number of hydrogen-bond donors (Lipinski definition) is 2. The van der Waals surface area contributed by atoms with E-state index in [-0.39, 0.29) is 31.4 Å². The number of ether oxygens (including phenoxy) is 2. The highest BCUT2D eigenvalue weighted by Gasteiger charge is 2.46. The summed E-state index contributed by atoms with van der Waals surface area (Å²) in [5.74, 6) is -0.900. The summed E-state index contributed by atoms with van der Waals surface area (Å²) in [6, 6.07) is 12.7. The normalized spacial score (nSPS) is 20.7. The van der Waals surface area contributed by atoms with Crippen LogP contribution in [0.15, 0.2) is 47.0 Å². The van der Waals surface area contributed by atoms with E-state index < -0.39 is 38.9 Å². The first kappa shape index (κ1) is 35.2. The van der Waals surface area contributed by atoms with E-state index in [2.05, 4.69) is 15.4 Å². The number of nitrogens with one attached hydrogen (secondary N) is 1. The van der Waals surface area contributed by atoms with Gasteiger partial charge < -0.3 is 29.3 Å². The highest BCUT2D eigenvalue weighted by molar-refractivity contribution is 8.06. The first-order valence-corrected chi connectivity index (χ1v) is 18.7. The molecule has 15 heteroatoms. The molecule has 2 saturated carbocycles. The molecule has 6 rings (SSSR count). The summed E-state index contributed by atoms with van der Waals surface area (Å²) in [4.78, 5) is 37.1. The van der Waals surface area contributed by atoms with Crippen LogP contribution < -0.4 is 10.2 Å². The second kappa shape index (κ2) is 14.7. The number of rotatable bonds is 14. The van der Waals surface area contributed by atoms with Crippen molar-refractivity contribution in [2.24, 2.45) is 5.92 Å². The third-order valence-corrected chi connectivity index (χ3v) is 11.4. The number of esters is 1. The molecule has 1 saturated heterocycles. The Morgan fingerprint density at radius 1 is 1.08 bits per heavy atom. The molecule has 49 heavy (non-hydrogen) atoms. The molecular formula is C34H37Cl2N3O9S. The van der Waals surface area contributed by atoms with Crippen molar-refractivity contribution in [1.29, 1.82) is 0 Å². The number of aliphatic carboxylic acids is 1. The molecule has 2 bridgehead atoms. The predicted molar refractivity (Wildman–Crippen MR) is 183 cm³/mol. The van der Waals surface area contributed by atoms with Gasteiger partial charge in [-0.25, -0.2) is 8.42 Å². The van der Waals surface area contributed by atoms with Gasteiger partial charge in [-0.2, -0.15) is 0 Å². The molecule has 4 atom stereocenters. The molecular weight excluding hydrogens is 697 g/mol. The van der Waals surface area contributed by atoms with Crippen molar-refractivity contribution in [3.63, 3.8) is 0 Å². The van der Waals surface area contributed by atoms with Crippen molar-refractivity contribution in [2.75, 3.05) is 22.5 Å². The number of benzene rings is 2. The predicted octanol–water partition coefficient (Wildman–Crippen LogP) is 6.84. The number of halogens is 2. The van der Waals surface area contributed by atoms with E-state index in [1.165, 1.54) is 6.92 Å². The second-order valence-electron chi connectivity index (χ2n) is 12.9. The van der Waals surface area contributed by atoms with Gasteiger partial charge >= 0.3 is 17.2 Å². The number of aromatic nitrogens is 1. The fraction of sp³-hybridized carbons (Fsp3) is 0.471. The van der Waals surface area contributed by atoms with Gasteiger partial charge in [0.2, 0.25) is 9.84 Å². The minimum atomic E-state index is -4.19. The van der Waals surface area contributed by atoms with Crippen LogP contribution in [0.25, 0.3) is 11.3 Å². The molecule has 1 amide bonds. The first-order valence-electron chi connectivity index (χ1n) is 16.3. The lowest BCUT2D eigenvalue weighted by molar-refractivity contribution is -0.151. The SMILES string of the molecule is CC(CCS(=O)(=O)C(=O)Nc1ccc(N2C[C@@H]3C[C@H]2C[C@H]3OCc2c(-c3c(Cl)cccc3Cl)noc2C2CC2)cc1)OC(=O)CCC(=O)O. The summed E-state index contributed by atoms with van der Waals surface area (Å²) in [6.07, 6.45) is 2.41. The quantitative estimate of drug-likeness (QED) is 0.167. The smallest absolute Gasteiger partial charge is 0.340 e. The summed E-state index contributed by atoms with van der Waals surface area (Å²) in [6.45, 7) is 2.64. The van der Waals surface area contributed by atoms with E-state index in [4.69, 9.17) is 42.3 Å². The molecule has 3 aromatic rings. The van der Waals surface area contributed by atoms with Gasteiger partial charge in [0.25, 0.3) is 0 Å². The number of anilines is 2. The third kappa shape index (κ3) is 8.22.